The molecule has 2 aromatic carbocycles. The third-order valence-electron chi connectivity index (χ3n) is 8.87. The summed E-state index contributed by atoms with van der Waals surface area (Å²) in [4.78, 5) is 11.1. The first-order valence-electron chi connectivity index (χ1n) is 13.0. The van der Waals surface area contributed by atoms with Crippen LogP contribution in [0.1, 0.15) is 73.6 Å². The van der Waals surface area contributed by atoms with Gasteiger partial charge in [-0.05, 0) is 91.0 Å². The van der Waals surface area contributed by atoms with Crippen molar-refractivity contribution in [3.05, 3.63) is 76.4 Å². The number of ether oxygens (including phenoxy) is 1. The van der Waals surface area contributed by atoms with Crippen LogP contribution < -0.4 is 4.74 Å². The van der Waals surface area contributed by atoms with E-state index in [0.29, 0.717) is 32.3 Å². The number of rotatable bonds is 7. The third kappa shape index (κ3) is 4.67. The fourth-order valence-corrected chi connectivity index (χ4v) is 7.15. The first kappa shape index (κ1) is 24.9. The number of carbonyl (C=O) groups is 1. The van der Waals surface area contributed by atoms with Gasteiger partial charge in [-0.3, -0.25) is 4.79 Å². The van der Waals surface area contributed by atoms with Crippen molar-refractivity contribution in [2.75, 3.05) is 0 Å². The van der Waals surface area contributed by atoms with E-state index in [2.05, 4.69) is 12.1 Å². The number of carboxylic acids is 1. The second kappa shape index (κ2) is 9.60. The van der Waals surface area contributed by atoms with Crippen LogP contribution in [-0.2, 0) is 24.2 Å². The standard InChI is InChI=1S/C30H33F3O3/c1-29-15-14-22-23(25(29)12-13-27(29)30(31,32)33)11-10-20-17-26(36-18-19-6-3-2-4-7-19)21(16-24(20)22)8-5-9-28(34)35/h2-4,6-7,13,16-17,22-23,25H,5,8-12,14-15,18H2,1H3,(H,34,35)/t22?,23?,25?,29-/m0/s1. The lowest BCUT2D eigenvalue weighted by molar-refractivity contribution is -0.137. The average Bonchev–Trinajstić information content (AvgIpc) is 3.21. The maximum Gasteiger partial charge on any atom is 0.412 e. The van der Waals surface area contributed by atoms with Crippen LogP contribution in [0.2, 0.25) is 0 Å². The molecule has 3 aliphatic carbocycles. The minimum absolute atomic E-state index is 0.0190. The normalized spacial score (nSPS) is 27.0. The second-order valence-corrected chi connectivity index (χ2v) is 10.9. The summed E-state index contributed by atoms with van der Waals surface area (Å²) in [6, 6.07) is 14.2. The van der Waals surface area contributed by atoms with E-state index in [1.807, 2.05) is 37.3 Å². The van der Waals surface area contributed by atoms with Gasteiger partial charge in [-0.2, -0.15) is 13.2 Å². The van der Waals surface area contributed by atoms with Gasteiger partial charge in [-0.15, -0.1) is 0 Å². The van der Waals surface area contributed by atoms with E-state index < -0.39 is 17.6 Å². The molecule has 0 aliphatic heterocycles. The smallest absolute Gasteiger partial charge is 0.412 e. The predicted octanol–water partition coefficient (Wildman–Crippen LogP) is 7.63. The van der Waals surface area contributed by atoms with Crippen molar-refractivity contribution in [1.82, 2.24) is 0 Å². The molecule has 1 fully saturated rings. The zero-order valence-corrected chi connectivity index (χ0v) is 20.6. The molecule has 3 unspecified atom stereocenters. The third-order valence-corrected chi connectivity index (χ3v) is 8.87. The van der Waals surface area contributed by atoms with Crippen LogP contribution in [0.3, 0.4) is 0 Å². The summed E-state index contributed by atoms with van der Waals surface area (Å²) >= 11 is 0. The quantitative estimate of drug-likeness (QED) is 0.399. The van der Waals surface area contributed by atoms with Crippen LogP contribution >= 0.6 is 0 Å². The van der Waals surface area contributed by atoms with Gasteiger partial charge in [0.2, 0.25) is 0 Å². The van der Waals surface area contributed by atoms with Gasteiger partial charge in [0.05, 0.1) is 0 Å². The van der Waals surface area contributed by atoms with E-state index in [-0.39, 0.29) is 29.7 Å². The largest absolute Gasteiger partial charge is 0.489 e. The molecule has 6 heteroatoms. The highest BCUT2D eigenvalue weighted by molar-refractivity contribution is 5.66. The van der Waals surface area contributed by atoms with Crippen molar-refractivity contribution in [2.24, 2.45) is 17.3 Å². The molecule has 0 radical (unpaired) electrons. The lowest BCUT2D eigenvalue weighted by Crippen LogP contribution is -2.43. The molecule has 3 nitrogen and oxygen atoms in total. The highest BCUT2D eigenvalue weighted by Crippen LogP contribution is 2.63. The van der Waals surface area contributed by atoms with Crippen LogP contribution in [0.25, 0.3) is 0 Å². The summed E-state index contributed by atoms with van der Waals surface area (Å²) in [5.74, 6) is 0.472. The van der Waals surface area contributed by atoms with E-state index in [4.69, 9.17) is 9.84 Å². The van der Waals surface area contributed by atoms with Crippen LogP contribution in [0, 0.1) is 17.3 Å². The van der Waals surface area contributed by atoms with Crippen LogP contribution in [-0.4, -0.2) is 17.3 Å². The molecule has 36 heavy (non-hydrogen) atoms. The zero-order chi connectivity index (χ0) is 25.5. The molecule has 0 saturated heterocycles. The number of allylic oxidation sites excluding steroid dienone is 2. The second-order valence-electron chi connectivity index (χ2n) is 10.9. The molecule has 1 saturated carbocycles. The maximum absolute atomic E-state index is 13.8. The summed E-state index contributed by atoms with van der Waals surface area (Å²) < 4.78 is 47.6. The van der Waals surface area contributed by atoms with Gasteiger partial charge in [0, 0.05) is 17.4 Å². The van der Waals surface area contributed by atoms with Crippen LogP contribution in [0.15, 0.2) is 54.1 Å². The zero-order valence-electron chi connectivity index (χ0n) is 20.6. The number of benzene rings is 2. The Hall–Kier alpha value is -2.76. The SMILES string of the molecule is C[C@]12CCC3c4cc(CCCC(=O)O)c(OCc5ccccc5)cc4CCC3C1CC=C2C(F)(F)F. The van der Waals surface area contributed by atoms with E-state index in [0.717, 1.165) is 36.1 Å². The Morgan fingerprint density at radius 2 is 1.94 bits per heavy atom. The minimum Gasteiger partial charge on any atom is -0.489 e. The molecule has 0 spiro atoms. The van der Waals surface area contributed by atoms with Gasteiger partial charge in [0.1, 0.15) is 12.4 Å². The van der Waals surface area contributed by atoms with Crippen molar-refractivity contribution < 1.29 is 27.8 Å². The monoisotopic (exact) mass is 498 g/mol. The summed E-state index contributed by atoms with van der Waals surface area (Å²) in [5.41, 5.74) is 3.43. The molecular formula is C30H33F3O3. The molecule has 2 aromatic rings. The topological polar surface area (TPSA) is 46.5 Å². The molecule has 0 amide bonds. The van der Waals surface area contributed by atoms with Gasteiger partial charge < -0.3 is 9.84 Å². The van der Waals surface area contributed by atoms with E-state index in [9.17, 15) is 18.0 Å². The summed E-state index contributed by atoms with van der Waals surface area (Å²) in [6.07, 6.45) is 1.94. The maximum atomic E-state index is 13.8. The number of aryl methyl sites for hydroxylation is 2. The molecular weight excluding hydrogens is 465 g/mol. The lowest BCUT2D eigenvalue weighted by atomic mass is 9.54. The molecule has 5 rings (SSSR count). The van der Waals surface area contributed by atoms with Gasteiger partial charge in [-0.1, -0.05) is 49.4 Å². The molecule has 0 aromatic heterocycles. The highest BCUT2D eigenvalue weighted by atomic mass is 19.4. The van der Waals surface area contributed by atoms with Crippen LogP contribution in [0.4, 0.5) is 13.2 Å². The molecule has 0 heterocycles. The summed E-state index contributed by atoms with van der Waals surface area (Å²) in [7, 11) is 0. The number of alkyl halides is 3. The number of carboxylic acid groups (broad SMARTS) is 1. The summed E-state index contributed by atoms with van der Waals surface area (Å²) in [5, 5.41) is 9.13. The van der Waals surface area contributed by atoms with Crippen molar-refractivity contribution >= 4 is 5.97 Å². The van der Waals surface area contributed by atoms with Gasteiger partial charge in [-0.25, -0.2) is 0 Å². The Balaban J connectivity index is 1.42. The summed E-state index contributed by atoms with van der Waals surface area (Å²) in [6.45, 7) is 2.26. The number of hydrogen-bond donors (Lipinski definition) is 1. The fraction of sp³-hybridized carbons (Fsp3) is 0.500. The predicted molar refractivity (Wildman–Crippen MR) is 132 cm³/mol. The minimum atomic E-state index is -4.26. The Morgan fingerprint density at radius 3 is 2.67 bits per heavy atom. The van der Waals surface area contributed by atoms with E-state index >= 15 is 0 Å². The molecule has 3 aliphatic rings. The van der Waals surface area contributed by atoms with Crippen molar-refractivity contribution in [3.8, 4) is 5.75 Å². The Kier molecular flexibility index (Phi) is 6.65. The Morgan fingerprint density at radius 1 is 1.17 bits per heavy atom. The van der Waals surface area contributed by atoms with Crippen molar-refractivity contribution in [2.45, 2.75) is 77.0 Å². The molecule has 4 atom stereocenters. The molecule has 1 N–H and O–H groups in total. The first-order valence-corrected chi connectivity index (χ1v) is 13.0. The Bertz CT molecular complexity index is 1150. The van der Waals surface area contributed by atoms with E-state index in [1.54, 1.807) is 0 Å². The van der Waals surface area contributed by atoms with Gasteiger partial charge >= 0.3 is 12.1 Å². The van der Waals surface area contributed by atoms with Crippen molar-refractivity contribution in [3.63, 3.8) is 0 Å². The van der Waals surface area contributed by atoms with Gasteiger partial charge in [0.25, 0.3) is 0 Å². The molecule has 192 valence electrons. The lowest BCUT2D eigenvalue weighted by Gasteiger charge is -2.50. The Labute approximate surface area is 210 Å². The fourth-order valence-electron chi connectivity index (χ4n) is 7.15. The van der Waals surface area contributed by atoms with Crippen LogP contribution in [0.5, 0.6) is 5.75 Å². The number of aliphatic carboxylic acids is 1. The number of hydrogen-bond acceptors (Lipinski definition) is 2. The first-order chi connectivity index (χ1) is 17.2. The van der Waals surface area contributed by atoms with E-state index in [1.165, 1.54) is 17.2 Å². The molecule has 0 bridgehead atoms. The average molecular weight is 499 g/mol. The van der Waals surface area contributed by atoms with Gasteiger partial charge in [0.15, 0.2) is 0 Å². The highest BCUT2D eigenvalue weighted by Gasteiger charge is 2.57. The van der Waals surface area contributed by atoms with Crippen molar-refractivity contribution in [1.29, 1.82) is 0 Å². The number of fused-ring (bicyclic) bond motifs is 5. The number of halogens is 3.